The molecule has 0 bridgehead atoms. The van der Waals surface area contributed by atoms with E-state index < -0.39 is 11.4 Å². The molecular weight excluding hydrogens is 480 g/mol. The summed E-state index contributed by atoms with van der Waals surface area (Å²) in [5, 5.41) is 15.6. The van der Waals surface area contributed by atoms with Gasteiger partial charge < -0.3 is 20.5 Å². The van der Waals surface area contributed by atoms with Crippen molar-refractivity contribution in [2.45, 2.75) is 62.9 Å². The van der Waals surface area contributed by atoms with E-state index in [2.05, 4.69) is 10.6 Å². The Morgan fingerprint density at radius 2 is 1.50 bits per heavy atom. The second-order valence-corrected chi connectivity index (χ2v) is 10.2. The molecule has 2 aliphatic rings. The Bertz CT molecular complexity index is 1060. The molecule has 0 aromatic heterocycles. The molecule has 2 saturated carbocycles. The van der Waals surface area contributed by atoms with Crippen molar-refractivity contribution >= 4 is 29.4 Å². The van der Waals surface area contributed by atoms with Crippen molar-refractivity contribution < 1.29 is 24.2 Å². The first kappa shape index (κ1) is 26.0. The Kier molecular flexibility index (Phi) is 8.52. The Balaban J connectivity index is 1.22. The summed E-state index contributed by atoms with van der Waals surface area (Å²) < 4.78 is 5.96. The Morgan fingerprint density at radius 3 is 2.11 bits per heavy atom. The number of aliphatic carboxylic acids is 1. The van der Waals surface area contributed by atoms with Gasteiger partial charge in [0.05, 0.1) is 17.4 Å². The molecule has 2 aliphatic carbocycles. The molecule has 0 unspecified atom stereocenters. The van der Waals surface area contributed by atoms with E-state index in [0.29, 0.717) is 55.1 Å². The van der Waals surface area contributed by atoms with E-state index in [1.165, 1.54) is 0 Å². The number of amides is 2. The lowest BCUT2D eigenvalue weighted by molar-refractivity contribution is -0.143. The summed E-state index contributed by atoms with van der Waals surface area (Å²) >= 11 is 6.03. The Hall–Kier alpha value is -3.06. The quantitative estimate of drug-likeness (QED) is 0.422. The second-order valence-electron chi connectivity index (χ2n) is 9.76. The zero-order valence-electron chi connectivity index (χ0n) is 20.3. The molecule has 0 atom stereocenters. The van der Waals surface area contributed by atoms with Crippen molar-refractivity contribution in [3.63, 3.8) is 0 Å². The minimum Gasteiger partial charge on any atom is -0.490 e. The van der Waals surface area contributed by atoms with Gasteiger partial charge in [-0.15, -0.1) is 0 Å². The highest BCUT2D eigenvalue weighted by Crippen LogP contribution is 2.41. The lowest BCUT2D eigenvalue weighted by Gasteiger charge is -2.28. The largest absolute Gasteiger partial charge is 0.490 e. The number of carbonyl (C=O) groups is 3. The van der Waals surface area contributed by atoms with E-state index >= 15 is 0 Å². The van der Waals surface area contributed by atoms with Crippen molar-refractivity contribution in [3.05, 3.63) is 64.7 Å². The molecule has 0 radical (unpaired) electrons. The summed E-state index contributed by atoms with van der Waals surface area (Å²) in [6.45, 7) is 0.673. The van der Waals surface area contributed by atoms with Crippen LogP contribution in [0.25, 0.3) is 0 Å². The number of carboxylic acids is 1. The van der Waals surface area contributed by atoms with Crippen LogP contribution in [0.15, 0.2) is 48.5 Å². The SMILES string of the molecule is O=C(NCCNC(=O)C1(c2ccc(Cl)cc2)CCCC1)c1ccc(O[C@H]2CC[C@@H](C(=O)O)CC2)cc1. The maximum Gasteiger partial charge on any atom is 0.306 e. The molecule has 7 nitrogen and oxygen atoms in total. The van der Waals surface area contributed by atoms with Crippen molar-refractivity contribution in [2.24, 2.45) is 5.92 Å². The zero-order chi connectivity index (χ0) is 25.5. The molecule has 4 rings (SSSR count). The van der Waals surface area contributed by atoms with E-state index in [1.807, 2.05) is 24.3 Å². The van der Waals surface area contributed by atoms with Gasteiger partial charge in [0.15, 0.2) is 0 Å². The molecule has 36 heavy (non-hydrogen) atoms. The number of nitrogens with one attached hydrogen (secondary N) is 2. The van der Waals surface area contributed by atoms with Crippen LogP contribution in [0.2, 0.25) is 5.02 Å². The van der Waals surface area contributed by atoms with Crippen LogP contribution >= 0.6 is 11.6 Å². The number of carboxylic acid groups (broad SMARTS) is 1. The highest BCUT2D eigenvalue weighted by atomic mass is 35.5. The normalized spacial score (nSPS) is 20.9. The smallest absolute Gasteiger partial charge is 0.306 e. The van der Waals surface area contributed by atoms with E-state index in [4.69, 9.17) is 21.4 Å². The van der Waals surface area contributed by atoms with Gasteiger partial charge in [0.1, 0.15) is 5.75 Å². The van der Waals surface area contributed by atoms with Crippen LogP contribution in [-0.4, -0.2) is 42.1 Å². The molecule has 192 valence electrons. The summed E-state index contributed by atoms with van der Waals surface area (Å²) in [5.74, 6) is -0.562. The monoisotopic (exact) mass is 512 g/mol. The molecule has 2 aromatic carbocycles. The molecule has 3 N–H and O–H groups in total. The fourth-order valence-corrected chi connectivity index (χ4v) is 5.45. The van der Waals surface area contributed by atoms with Crippen molar-refractivity contribution in [1.82, 2.24) is 10.6 Å². The van der Waals surface area contributed by atoms with Crippen LogP contribution in [0, 0.1) is 5.92 Å². The Labute approximate surface area is 216 Å². The molecule has 8 heteroatoms. The number of hydrogen-bond acceptors (Lipinski definition) is 4. The average Bonchev–Trinajstić information content (AvgIpc) is 3.39. The average molecular weight is 513 g/mol. The number of ether oxygens (including phenoxy) is 1. The molecule has 0 aliphatic heterocycles. The minimum atomic E-state index is -0.733. The van der Waals surface area contributed by atoms with Crippen LogP contribution in [-0.2, 0) is 15.0 Å². The van der Waals surface area contributed by atoms with Gasteiger partial charge in [-0.1, -0.05) is 36.6 Å². The number of hydrogen-bond donors (Lipinski definition) is 3. The minimum absolute atomic E-state index is 0.0000729. The zero-order valence-corrected chi connectivity index (χ0v) is 21.1. The third-order valence-electron chi connectivity index (χ3n) is 7.43. The van der Waals surface area contributed by atoms with Crippen molar-refractivity contribution in [3.8, 4) is 5.75 Å². The van der Waals surface area contributed by atoms with E-state index in [1.54, 1.807) is 24.3 Å². The first-order valence-electron chi connectivity index (χ1n) is 12.7. The predicted octanol–water partition coefficient (Wildman–Crippen LogP) is 4.72. The van der Waals surface area contributed by atoms with Crippen molar-refractivity contribution in [2.75, 3.05) is 13.1 Å². The molecule has 0 saturated heterocycles. The maximum absolute atomic E-state index is 13.1. The predicted molar refractivity (Wildman–Crippen MR) is 137 cm³/mol. The highest BCUT2D eigenvalue weighted by Gasteiger charge is 2.42. The van der Waals surface area contributed by atoms with Gasteiger partial charge in [-0.25, -0.2) is 0 Å². The second kappa shape index (κ2) is 11.8. The Morgan fingerprint density at radius 1 is 0.889 bits per heavy atom. The lowest BCUT2D eigenvalue weighted by atomic mass is 9.78. The van der Waals surface area contributed by atoms with Gasteiger partial charge in [-0.3, -0.25) is 14.4 Å². The highest BCUT2D eigenvalue weighted by molar-refractivity contribution is 6.30. The molecule has 0 heterocycles. The molecule has 2 aromatic rings. The van der Waals surface area contributed by atoms with Gasteiger partial charge >= 0.3 is 5.97 Å². The first-order chi connectivity index (χ1) is 17.4. The summed E-state index contributed by atoms with van der Waals surface area (Å²) in [6, 6.07) is 14.5. The molecule has 2 amide bonds. The number of rotatable bonds is 9. The third-order valence-corrected chi connectivity index (χ3v) is 7.68. The van der Waals surface area contributed by atoms with Crippen LogP contribution in [0.1, 0.15) is 67.3 Å². The van der Waals surface area contributed by atoms with Gasteiger partial charge in [0.25, 0.3) is 5.91 Å². The lowest BCUT2D eigenvalue weighted by Crippen LogP contribution is -2.45. The summed E-state index contributed by atoms with van der Waals surface area (Å²) in [4.78, 5) is 36.7. The van der Waals surface area contributed by atoms with Crippen LogP contribution in [0.5, 0.6) is 5.75 Å². The standard InChI is InChI=1S/C28H33ClN2O5/c29-22-9-7-21(8-10-22)28(15-1-2-16-28)27(35)31-18-17-30-25(32)19-3-11-23(12-4-19)36-24-13-5-20(6-14-24)26(33)34/h3-4,7-12,20,24H,1-2,5-6,13-18H2,(H,30,32)(H,31,35)(H,33,34)/t20-,24+. The van der Waals surface area contributed by atoms with Gasteiger partial charge in [-0.05, 0) is 80.5 Å². The maximum atomic E-state index is 13.1. The van der Waals surface area contributed by atoms with Gasteiger partial charge in [0, 0.05) is 23.7 Å². The van der Waals surface area contributed by atoms with E-state index in [0.717, 1.165) is 31.2 Å². The number of benzene rings is 2. The van der Waals surface area contributed by atoms with Gasteiger partial charge in [-0.2, -0.15) is 0 Å². The van der Waals surface area contributed by atoms with E-state index in [9.17, 15) is 14.4 Å². The van der Waals surface area contributed by atoms with Gasteiger partial charge in [0.2, 0.25) is 5.91 Å². The molecular formula is C28H33ClN2O5. The number of halogens is 1. The van der Waals surface area contributed by atoms with Crippen molar-refractivity contribution in [1.29, 1.82) is 0 Å². The molecule has 2 fully saturated rings. The third kappa shape index (κ3) is 6.19. The van der Waals surface area contributed by atoms with Crippen LogP contribution in [0.4, 0.5) is 0 Å². The summed E-state index contributed by atoms with van der Waals surface area (Å²) in [6.07, 6.45) is 6.31. The fraction of sp³-hybridized carbons (Fsp3) is 0.464. The topological polar surface area (TPSA) is 105 Å². The fourth-order valence-electron chi connectivity index (χ4n) is 5.32. The van der Waals surface area contributed by atoms with Crippen LogP contribution < -0.4 is 15.4 Å². The molecule has 0 spiro atoms. The number of carbonyl (C=O) groups excluding carboxylic acids is 2. The first-order valence-corrected chi connectivity index (χ1v) is 13.1. The summed E-state index contributed by atoms with van der Waals surface area (Å²) in [5.41, 5.74) is 0.969. The van der Waals surface area contributed by atoms with Crippen LogP contribution in [0.3, 0.4) is 0 Å². The van der Waals surface area contributed by atoms with E-state index in [-0.39, 0.29) is 23.8 Å². The summed E-state index contributed by atoms with van der Waals surface area (Å²) in [7, 11) is 0.